The molecule has 0 radical (unpaired) electrons. The number of hydrogen-bond donors (Lipinski definition) is 1. The molecule has 1 N–H and O–H groups in total. The van der Waals surface area contributed by atoms with E-state index in [0.717, 1.165) is 43.7 Å². The molecule has 0 bridgehead atoms. The minimum Gasteiger partial charge on any atom is -0.495 e. The molecule has 1 saturated heterocycles. The highest BCUT2D eigenvalue weighted by Gasteiger charge is 2.25. The summed E-state index contributed by atoms with van der Waals surface area (Å²) in [6.45, 7) is 2.56. The fourth-order valence-electron chi connectivity index (χ4n) is 3.81. The lowest BCUT2D eigenvalue weighted by atomic mass is 9.94. The summed E-state index contributed by atoms with van der Waals surface area (Å²) in [6, 6.07) is 15.5. The quantitative estimate of drug-likeness (QED) is 0.651. The number of carbonyl (C=O) groups excluding carboxylic acids is 1. The molecule has 1 aromatic heterocycles. The molecule has 0 aliphatic carbocycles. The lowest BCUT2D eigenvalue weighted by molar-refractivity contribution is 0.0987. The molecule has 0 spiro atoms. The van der Waals surface area contributed by atoms with Crippen LogP contribution in [0.5, 0.6) is 5.75 Å². The van der Waals surface area contributed by atoms with Gasteiger partial charge in [0.25, 0.3) is 5.91 Å². The monoisotopic (exact) mass is 409 g/mol. The molecule has 7 heteroatoms. The SMILES string of the molecule is COc1ccccc1NC(=O)c1cc([C@@H]2CCCN(Cc3ccc(F)cc3)C2)no1. The van der Waals surface area contributed by atoms with E-state index in [2.05, 4.69) is 15.4 Å². The van der Waals surface area contributed by atoms with Gasteiger partial charge in [0.1, 0.15) is 11.6 Å². The molecule has 3 aromatic rings. The van der Waals surface area contributed by atoms with E-state index in [4.69, 9.17) is 9.26 Å². The molecule has 1 aliphatic heterocycles. The van der Waals surface area contributed by atoms with E-state index in [1.165, 1.54) is 12.1 Å². The van der Waals surface area contributed by atoms with Crippen LogP contribution in [0.25, 0.3) is 0 Å². The Morgan fingerprint density at radius 3 is 2.87 bits per heavy atom. The van der Waals surface area contributed by atoms with Gasteiger partial charge in [0.05, 0.1) is 18.5 Å². The van der Waals surface area contributed by atoms with Gasteiger partial charge in [0.15, 0.2) is 0 Å². The second-order valence-electron chi connectivity index (χ2n) is 7.47. The largest absolute Gasteiger partial charge is 0.495 e. The maximum absolute atomic E-state index is 13.1. The topological polar surface area (TPSA) is 67.6 Å². The smallest absolute Gasteiger partial charge is 0.294 e. The number of anilines is 1. The van der Waals surface area contributed by atoms with E-state index in [0.29, 0.717) is 11.4 Å². The van der Waals surface area contributed by atoms with E-state index >= 15 is 0 Å². The summed E-state index contributed by atoms with van der Waals surface area (Å²) in [7, 11) is 1.55. The van der Waals surface area contributed by atoms with Gasteiger partial charge in [-0.3, -0.25) is 9.69 Å². The normalized spacial score (nSPS) is 16.9. The fraction of sp³-hybridized carbons (Fsp3) is 0.304. The van der Waals surface area contributed by atoms with E-state index in [1.807, 2.05) is 24.3 Å². The summed E-state index contributed by atoms with van der Waals surface area (Å²) in [5.41, 5.74) is 2.43. The number of para-hydroxylation sites is 2. The van der Waals surface area contributed by atoms with Crippen LogP contribution in [0.4, 0.5) is 10.1 Å². The van der Waals surface area contributed by atoms with Gasteiger partial charge in [0, 0.05) is 25.1 Å². The van der Waals surface area contributed by atoms with Crippen LogP contribution in [-0.2, 0) is 6.54 Å². The van der Waals surface area contributed by atoms with Gasteiger partial charge in [0.2, 0.25) is 5.76 Å². The van der Waals surface area contributed by atoms with Crippen molar-refractivity contribution in [3.8, 4) is 5.75 Å². The number of nitrogens with zero attached hydrogens (tertiary/aromatic N) is 2. The Labute approximate surface area is 174 Å². The van der Waals surface area contributed by atoms with Crippen molar-refractivity contribution >= 4 is 11.6 Å². The molecule has 156 valence electrons. The maximum atomic E-state index is 13.1. The van der Waals surface area contributed by atoms with Crippen LogP contribution in [0, 0.1) is 5.82 Å². The van der Waals surface area contributed by atoms with Crippen LogP contribution >= 0.6 is 0 Å². The number of piperidine rings is 1. The van der Waals surface area contributed by atoms with Crippen LogP contribution in [-0.4, -0.2) is 36.2 Å². The first kappa shape index (κ1) is 20.1. The molecular weight excluding hydrogens is 385 g/mol. The number of amides is 1. The number of aromatic nitrogens is 1. The lowest BCUT2D eigenvalue weighted by Crippen LogP contribution is -2.34. The first-order chi connectivity index (χ1) is 14.6. The van der Waals surface area contributed by atoms with Gasteiger partial charge in [-0.05, 0) is 49.2 Å². The van der Waals surface area contributed by atoms with E-state index in [1.54, 1.807) is 25.3 Å². The van der Waals surface area contributed by atoms with Crippen LogP contribution in [0.1, 0.15) is 40.6 Å². The van der Waals surface area contributed by atoms with Gasteiger partial charge >= 0.3 is 0 Å². The van der Waals surface area contributed by atoms with Gasteiger partial charge in [-0.1, -0.05) is 29.4 Å². The van der Waals surface area contributed by atoms with Gasteiger partial charge < -0.3 is 14.6 Å². The first-order valence-corrected chi connectivity index (χ1v) is 10.00. The van der Waals surface area contributed by atoms with E-state index in [9.17, 15) is 9.18 Å². The summed E-state index contributed by atoms with van der Waals surface area (Å²) in [6.07, 6.45) is 2.02. The third-order valence-corrected chi connectivity index (χ3v) is 5.35. The molecule has 2 aromatic carbocycles. The standard InChI is InChI=1S/C23H24FN3O3/c1-29-21-7-3-2-6-19(21)25-23(28)22-13-20(26-30-22)17-5-4-12-27(15-17)14-16-8-10-18(24)11-9-16/h2-3,6-11,13,17H,4-5,12,14-15H2,1H3,(H,25,28)/t17-/m1/s1. The molecule has 2 heterocycles. The third kappa shape index (κ3) is 4.68. The highest BCUT2D eigenvalue weighted by Crippen LogP contribution is 2.28. The van der Waals surface area contributed by atoms with Crippen LogP contribution in [0.3, 0.4) is 0 Å². The summed E-state index contributed by atoms with van der Waals surface area (Å²) >= 11 is 0. The first-order valence-electron chi connectivity index (χ1n) is 10.00. The highest BCUT2D eigenvalue weighted by atomic mass is 19.1. The number of hydrogen-bond acceptors (Lipinski definition) is 5. The minimum absolute atomic E-state index is 0.173. The lowest BCUT2D eigenvalue weighted by Gasteiger charge is -2.31. The zero-order valence-corrected chi connectivity index (χ0v) is 16.8. The molecule has 1 aliphatic rings. The molecule has 30 heavy (non-hydrogen) atoms. The average Bonchev–Trinajstić information content (AvgIpc) is 3.27. The number of rotatable bonds is 6. The van der Waals surface area contributed by atoms with Gasteiger partial charge in [-0.15, -0.1) is 0 Å². The molecule has 1 fully saturated rings. The second kappa shape index (κ2) is 9.09. The highest BCUT2D eigenvalue weighted by molar-refractivity contribution is 6.03. The zero-order chi connectivity index (χ0) is 20.9. The third-order valence-electron chi connectivity index (χ3n) is 5.35. The van der Waals surface area contributed by atoms with E-state index < -0.39 is 0 Å². The minimum atomic E-state index is -0.364. The molecule has 0 unspecified atom stereocenters. The maximum Gasteiger partial charge on any atom is 0.294 e. The van der Waals surface area contributed by atoms with Crippen LogP contribution in [0.2, 0.25) is 0 Å². The molecule has 1 amide bonds. The van der Waals surface area contributed by atoms with Crippen molar-refractivity contribution in [2.24, 2.45) is 0 Å². The van der Waals surface area contributed by atoms with Gasteiger partial charge in [-0.25, -0.2) is 4.39 Å². The van der Waals surface area contributed by atoms with Crippen molar-refractivity contribution in [1.29, 1.82) is 0 Å². The zero-order valence-electron chi connectivity index (χ0n) is 16.8. The van der Waals surface area contributed by atoms with Crippen molar-refractivity contribution in [3.63, 3.8) is 0 Å². The van der Waals surface area contributed by atoms with Crippen molar-refractivity contribution < 1.29 is 18.4 Å². The summed E-state index contributed by atoms with van der Waals surface area (Å²) in [5, 5.41) is 6.96. The number of likely N-dealkylation sites (tertiary alicyclic amines) is 1. The Bertz CT molecular complexity index is 1000. The molecule has 1 atom stereocenters. The Kier molecular flexibility index (Phi) is 6.09. The Balaban J connectivity index is 1.40. The van der Waals surface area contributed by atoms with Crippen molar-refractivity contribution in [2.45, 2.75) is 25.3 Å². The summed E-state index contributed by atoms with van der Waals surface area (Å²) < 4.78 is 23.7. The summed E-state index contributed by atoms with van der Waals surface area (Å²) in [4.78, 5) is 14.9. The Morgan fingerprint density at radius 2 is 2.07 bits per heavy atom. The number of halogens is 1. The molecular formula is C23H24FN3O3. The number of nitrogens with one attached hydrogen (secondary N) is 1. The van der Waals surface area contributed by atoms with Gasteiger partial charge in [-0.2, -0.15) is 0 Å². The van der Waals surface area contributed by atoms with Crippen molar-refractivity contribution in [1.82, 2.24) is 10.1 Å². The van der Waals surface area contributed by atoms with Crippen LogP contribution in [0.15, 0.2) is 59.1 Å². The van der Waals surface area contributed by atoms with Crippen LogP contribution < -0.4 is 10.1 Å². The van der Waals surface area contributed by atoms with Crippen molar-refractivity contribution in [3.05, 3.63) is 77.4 Å². The second-order valence-corrected chi connectivity index (χ2v) is 7.47. The van der Waals surface area contributed by atoms with Crippen molar-refractivity contribution in [2.75, 3.05) is 25.5 Å². The Hall–Kier alpha value is -3.19. The Morgan fingerprint density at radius 1 is 1.27 bits per heavy atom. The fourth-order valence-corrected chi connectivity index (χ4v) is 3.81. The molecule has 0 saturated carbocycles. The number of carbonyl (C=O) groups is 1. The predicted molar refractivity (Wildman–Crippen MR) is 111 cm³/mol. The molecule has 6 nitrogen and oxygen atoms in total. The average molecular weight is 409 g/mol. The number of methoxy groups -OCH3 is 1. The predicted octanol–water partition coefficient (Wildman–Crippen LogP) is 4.45. The van der Waals surface area contributed by atoms with E-state index in [-0.39, 0.29) is 23.4 Å². The number of ether oxygens (including phenoxy) is 1. The number of benzene rings is 2. The molecule has 4 rings (SSSR count). The summed E-state index contributed by atoms with van der Waals surface area (Å²) in [5.74, 6) is 0.352.